The third kappa shape index (κ3) is 6.60. The number of urea groups is 1. The normalized spacial score (nSPS) is 27.4. The van der Waals surface area contributed by atoms with Gasteiger partial charge in [-0.3, -0.25) is 0 Å². The number of benzene rings is 1. The molecule has 13 heteroatoms. The number of carbonyl (C=O) groups excluding carboxylic acids is 1. The molecule has 2 aliphatic heterocycles. The van der Waals surface area contributed by atoms with E-state index < -0.39 is 56.8 Å². The molecule has 3 unspecified atom stereocenters. The third-order valence-electron chi connectivity index (χ3n) is 8.40. The van der Waals surface area contributed by atoms with E-state index in [1.807, 2.05) is 19.2 Å². The van der Waals surface area contributed by atoms with Crippen molar-refractivity contribution >= 4 is 38.5 Å². The quantitative estimate of drug-likeness (QED) is 0.299. The van der Waals surface area contributed by atoms with Crippen molar-refractivity contribution in [2.24, 2.45) is 5.73 Å². The van der Waals surface area contributed by atoms with Gasteiger partial charge in [-0.1, -0.05) is 59.7 Å². The third-order valence-corrected chi connectivity index (χ3v) is 18.4. The summed E-state index contributed by atoms with van der Waals surface area (Å²) in [7, 11) is -8.98. The number of ether oxygens (including phenoxy) is 1. The molecule has 4 atom stereocenters. The van der Waals surface area contributed by atoms with Gasteiger partial charge in [0.2, 0.25) is 0 Å². The summed E-state index contributed by atoms with van der Waals surface area (Å²) >= 11 is 0. The van der Waals surface area contributed by atoms with Crippen LogP contribution in [0.5, 0.6) is 0 Å². The lowest BCUT2D eigenvalue weighted by atomic mass is 9.89. The smallest absolute Gasteiger partial charge is 0.321 e. The minimum absolute atomic E-state index is 0.0103. The largest absolute Gasteiger partial charge is 0.414 e. The van der Waals surface area contributed by atoms with E-state index in [2.05, 4.69) is 65.3 Å². The first-order valence-electron chi connectivity index (χ1n) is 13.1. The topological polar surface area (TPSA) is 138 Å². The standard InChI is InChI=1S/C26H45N3O7SSi2/c1-24(2,3)38(7,8)33-16-20-26(19(27)17-37(31,32)36-26)21(35-39(9,10)25(4,5)6)22(34-20)29-23(30)28-18-14-12-11-13-15-18/h11-15,17,20-22H,16,27H2,1-10H3,(H2,28,29,30)/t20?,21?,22-,26?/m0/s1. The van der Waals surface area contributed by atoms with Crippen molar-refractivity contribution in [2.45, 2.75) is 102 Å². The number of nitrogens with two attached hydrogens (primary N) is 1. The molecule has 1 aromatic rings. The number of hydrogen-bond acceptors (Lipinski definition) is 8. The average molecular weight is 600 g/mol. The van der Waals surface area contributed by atoms with Crippen molar-refractivity contribution in [3.63, 3.8) is 0 Å². The lowest BCUT2D eigenvalue weighted by molar-refractivity contribution is -0.0419. The maximum atomic E-state index is 13.1. The summed E-state index contributed by atoms with van der Waals surface area (Å²) in [5, 5.41) is 6.17. The van der Waals surface area contributed by atoms with E-state index in [1.165, 1.54) is 0 Å². The number of carbonyl (C=O) groups is 1. The highest BCUT2D eigenvalue weighted by Crippen LogP contribution is 2.49. The van der Waals surface area contributed by atoms with Gasteiger partial charge in [0.15, 0.2) is 28.5 Å². The fraction of sp³-hybridized carbons (Fsp3) is 0.654. The van der Waals surface area contributed by atoms with Gasteiger partial charge in [-0.2, -0.15) is 8.42 Å². The number of para-hydroxylation sites is 1. The zero-order valence-electron chi connectivity index (χ0n) is 24.7. The van der Waals surface area contributed by atoms with Crippen molar-refractivity contribution in [1.82, 2.24) is 5.32 Å². The molecule has 220 valence electrons. The molecular weight excluding hydrogens is 555 g/mol. The van der Waals surface area contributed by atoms with E-state index in [0.717, 1.165) is 5.41 Å². The predicted molar refractivity (Wildman–Crippen MR) is 157 cm³/mol. The van der Waals surface area contributed by atoms with Gasteiger partial charge in [0.1, 0.15) is 12.2 Å². The van der Waals surface area contributed by atoms with E-state index in [0.29, 0.717) is 5.69 Å². The Labute approximate surface area is 235 Å². The van der Waals surface area contributed by atoms with Crippen LogP contribution in [0.2, 0.25) is 36.3 Å². The molecule has 0 saturated carbocycles. The molecule has 0 radical (unpaired) electrons. The molecule has 2 aliphatic rings. The number of anilines is 1. The first-order valence-corrected chi connectivity index (χ1v) is 20.4. The van der Waals surface area contributed by atoms with Crippen LogP contribution in [0.25, 0.3) is 0 Å². The highest BCUT2D eigenvalue weighted by atomic mass is 32.2. The van der Waals surface area contributed by atoms with Gasteiger partial charge in [-0.05, 0) is 48.4 Å². The molecule has 0 aromatic heterocycles. The molecule has 0 aliphatic carbocycles. The summed E-state index contributed by atoms with van der Waals surface area (Å²) < 4.78 is 50.9. The first-order chi connectivity index (χ1) is 17.6. The molecule has 4 N–H and O–H groups in total. The zero-order chi connectivity index (χ0) is 29.7. The summed E-state index contributed by atoms with van der Waals surface area (Å²) in [5.41, 5.74) is 5.28. The molecule has 1 aromatic carbocycles. The zero-order valence-corrected chi connectivity index (χ0v) is 27.6. The van der Waals surface area contributed by atoms with Gasteiger partial charge in [-0.25, -0.2) is 8.98 Å². The highest BCUT2D eigenvalue weighted by molar-refractivity contribution is 7.90. The minimum atomic E-state index is -4.13. The molecule has 39 heavy (non-hydrogen) atoms. The molecule has 1 fully saturated rings. The lowest BCUT2D eigenvalue weighted by Gasteiger charge is -2.43. The van der Waals surface area contributed by atoms with E-state index in [1.54, 1.807) is 24.3 Å². The van der Waals surface area contributed by atoms with Crippen LogP contribution in [0.3, 0.4) is 0 Å². The first kappa shape index (κ1) is 31.8. The van der Waals surface area contributed by atoms with Crippen molar-refractivity contribution in [3.8, 4) is 0 Å². The number of rotatable bonds is 7. The van der Waals surface area contributed by atoms with E-state index in [4.69, 9.17) is 23.5 Å². The summed E-state index contributed by atoms with van der Waals surface area (Å²) in [5.74, 6) is 0. The molecule has 10 nitrogen and oxygen atoms in total. The van der Waals surface area contributed by atoms with Gasteiger partial charge in [0, 0.05) is 5.69 Å². The molecule has 2 amide bonds. The predicted octanol–water partition coefficient (Wildman–Crippen LogP) is 4.84. The summed E-state index contributed by atoms with van der Waals surface area (Å²) in [4.78, 5) is 13.1. The highest BCUT2D eigenvalue weighted by Gasteiger charge is 2.67. The Kier molecular flexibility index (Phi) is 8.62. The van der Waals surface area contributed by atoms with Gasteiger partial charge < -0.3 is 30.0 Å². The monoisotopic (exact) mass is 599 g/mol. The van der Waals surface area contributed by atoms with Gasteiger partial charge in [-0.15, -0.1) is 0 Å². The Morgan fingerprint density at radius 1 is 1.03 bits per heavy atom. The Bertz CT molecular complexity index is 1190. The Morgan fingerprint density at radius 3 is 2.08 bits per heavy atom. The van der Waals surface area contributed by atoms with Gasteiger partial charge >= 0.3 is 6.03 Å². The molecule has 0 bridgehead atoms. The molecule has 1 spiro atoms. The van der Waals surface area contributed by atoms with E-state index >= 15 is 0 Å². The van der Waals surface area contributed by atoms with Crippen LogP contribution >= 0.6 is 0 Å². The Hall–Kier alpha value is -1.75. The van der Waals surface area contributed by atoms with Crippen LogP contribution in [0, 0.1) is 0 Å². The van der Waals surface area contributed by atoms with Crippen LogP contribution in [0.15, 0.2) is 41.4 Å². The van der Waals surface area contributed by atoms with Crippen LogP contribution in [0.4, 0.5) is 10.5 Å². The number of amides is 2. The SMILES string of the molecule is CC(C)(C)[Si](C)(C)OCC1O[C@H](NC(=O)Nc2ccccc2)C(O[Si](C)(C)C(C)(C)C)C12OS(=O)(=O)C=C2N. The summed E-state index contributed by atoms with van der Waals surface area (Å²) in [6, 6.07) is 8.41. The lowest BCUT2D eigenvalue weighted by Crippen LogP contribution is -2.61. The van der Waals surface area contributed by atoms with E-state index in [-0.39, 0.29) is 22.4 Å². The molecule has 3 rings (SSSR count). The second-order valence-corrected chi connectivity index (χ2v) is 24.3. The Morgan fingerprint density at radius 2 is 1.59 bits per heavy atom. The van der Waals surface area contributed by atoms with Crippen LogP contribution < -0.4 is 16.4 Å². The van der Waals surface area contributed by atoms with Gasteiger partial charge in [0.05, 0.1) is 17.7 Å². The van der Waals surface area contributed by atoms with Gasteiger partial charge in [0.25, 0.3) is 10.1 Å². The fourth-order valence-corrected chi connectivity index (χ4v) is 7.47. The second kappa shape index (κ2) is 10.6. The van der Waals surface area contributed by atoms with Crippen LogP contribution in [-0.2, 0) is 27.9 Å². The van der Waals surface area contributed by atoms with E-state index in [9.17, 15) is 13.2 Å². The maximum Gasteiger partial charge on any atom is 0.321 e. The van der Waals surface area contributed by atoms with Crippen molar-refractivity contribution in [3.05, 3.63) is 41.4 Å². The van der Waals surface area contributed by atoms with Crippen molar-refractivity contribution in [2.75, 3.05) is 11.9 Å². The molecular formula is C26H45N3O7SSi2. The molecule has 2 heterocycles. The van der Waals surface area contributed by atoms with Crippen molar-refractivity contribution in [1.29, 1.82) is 0 Å². The maximum absolute atomic E-state index is 13.1. The number of hydrogen-bond donors (Lipinski definition) is 3. The second-order valence-electron chi connectivity index (χ2n) is 13.3. The Balaban J connectivity index is 2.03. The van der Waals surface area contributed by atoms with Crippen LogP contribution in [-0.4, -0.2) is 61.7 Å². The average Bonchev–Trinajstić information content (AvgIpc) is 3.17. The minimum Gasteiger partial charge on any atom is -0.414 e. The summed E-state index contributed by atoms with van der Waals surface area (Å²) in [6.45, 7) is 20.8. The van der Waals surface area contributed by atoms with Crippen molar-refractivity contribution < 1.29 is 31.0 Å². The fourth-order valence-electron chi connectivity index (χ4n) is 3.96. The van der Waals surface area contributed by atoms with Crippen LogP contribution in [0.1, 0.15) is 41.5 Å². The number of nitrogens with one attached hydrogen (secondary N) is 2. The summed E-state index contributed by atoms with van der Waals surface area (Å²) in [6.07, 6.45) is -3.09. The molecule has 1 saturated heterocycles.